The minimum absolute atomic E-state index is 0.488. The number of fused-ring (bicyclic) bond motifs is 1. The number of nitrogens with zero attached hydrogens (tertiary/aromatic N) is 4. The van der Waals surface area contributed by atoms with Crippen LogP contribution in [0, 0.1) is 19.8 Å². The number of piperidine rings is 2. The predicted octanol–water partition coefficient (Wildman–Crippen LogP) is 3.74. The van der Waals surface area contributed by atoms with Gasteiger partial charge < -0.3 is 14.6 Å². The van der Waals surface area contributed by atoms with Crippen LogP contribution in [-0.2, 0) is 13.1 Å². The lowest BCUT2D eigenvalue weighted by atomic mass is 9.83. The van der Waals surface area contributed by atoms with Crippen molar-refractivity contribution in [3.63, 3.8) is 0 Å². The van der Waals surface area contributed by atoms with Crippen molar-refractivity contribution in [1.29, 1.82) is 0 Å². The molecule has 1 N–H and O–H groups in total. The number of rotatable bonds is 5. The minimum atomic E-state index is 0.488. The van der Waals surface area contributed by atoms with Gasteiger partial charge in [-0.05, 0) is 58.1 Å². The maximum atomic E-state index is 5.72. The van der Waals surface area contributed by atoms with E-state index in [-0.39, 0.29) is 0 Å². The molecule has 0 spiro atoms. The molecule has 162 valence electrons. The Labute approximate surface area is 180 Å². The quantitative estimate of drug-likeness (QED) is 0.602. The molecule has 2 aliphatic rings. The van der Waals surface area contributed by atoms with Crippen LogP contribution in [0.4, 0.5) is 0 Å². The van der Waals surface area contributed by atoms with Crippen molar-refractivity contribution in [3.05, 3.63) is 53.2 Å². The minimum Gasteiger partial charge on any atom is -0.444 e. The smallest absolute Gasteiger partial charge is 0.216 e. The number of aryl methyl sites for hydroxylation is 2. The highest BCUT2D eigenvalue weighted by Gasteiger charge is 2.36. The lowest BCUT2D eigenvalue weighted by molar-refractivity contribution is 0.0372. The highest BCUT2D eigenvalue weighted by Crippen LogP contribution is 2.31. The van der Waals surface area contributed by atoms with Crippen molar-refractivity contribution in [3.8, 4) is 0 Å². The van der Waals surface area contributed by atoms with Gasteiger partial charge in [-0.2, -0.15) is 0 Å². The van der Waals surface area contributed by atoms with Crippen LogP contribution in [0.1, 0.15) is 49.1 Å². The fraction of sp³-hybridized carbons (Fsp3) is 0.583. The molecule has 6 heteroatoms. The molecule has 1 aromatic heterocycles. The molecule has 2 atom stereocenters. The molecule has 4 rings (SSSR count). The number of hydrogen-bond donors (Lipinski definition) is 1. The van der Waals surface area contributed by atoms with E-state index < -0.39 is 0 Å². The number of hydrogen-bond acceptors (Lipinski definition) is 4. The molecule has 2 aromatic rings. The standard InChI is InChI=1S/C24H35N5O/c1-4-25-24(26-15-23-27-18(2)19(3)30-23)29-14-12-22-21(17-29)11-8-13-28(22)16-20-9-6-5-7-10-20/h5-7,9-10,21-22H,4,8,11-17H2,1-3H3,(H,25,26). The maximum absolute atomic E-state index is 5.72. The average Bonchev–Trinajstić information content (AvgIpc) is 3.09. The van der Waals surface area contributed by atoms with Gasteiger partial charge in [-0.3, -0.25) is 4.90 Å². The zero-order chi connectivity index (χ0) is 20.9. The SMILES string of the molecule is CCNC(=NCc1nc(C)c(C)o1)N1CCC2C(CCCN2Cc2ccccc2)C1. The predicted molar refractivity (Wildman–Crippen MR) is 120 cm³/mol. The first-order valence-corrected chi connectivity index (χ1v) is 11.4. The maximum Gasteiger partial charge on any atom is 0.216 e. The summed E-state index contributed by atoms with van der Waals surface area (Å²) in [4.78, 5) is 14.5. The van der Waals surface area contributed by atoms with Gasteiger partial charge in [-0.25, -0.2) is 9.98 Å². The third-order valence-corrected chi connectivity index (χ3v) is 6.48. The molecule has 6 nitrogen and oxygen atoms in total. The molecule has 0 amide bonds. The summed E-state index contributed by atoms with van der Waals surface area (Å²) in [6.07, 6.45) is 3.79. The van der Waals surface area contributed by atoms with E-state index in [2.05, 4.69) is 57.4 Å². The summed E-state index contributed by atoms with van der Waals surface area (Å²) in [5, 5.41) is 3.48. The molecule has 0 aliphatic carbocycles. The van der Waals surface area contributed by atoms with Crippen LogP contribution in [0.2, 0.25) is 0 Å². The molecule has 0 saturated carbocycles. The largest absolute Gasteiger partial charge is 0.444 e. The Bertz CT molecular complexity index is 827. The van der Waals surface area contributed by atoms with Gasteiger partial charge >= 0.3 is 0 Å². The van der Waals surface area contributed by atoms with E-state index in [9.17, 15) is 0 Å². The summed E-state index contributed by atoms with van der Waals surface area (Å²) in [6.45, 7) is 11.8. The molecule has 0 bridgehead atoms. The van der Waals surface area contributed by atoms with Crippen molar-refractivity contribution < 1.29 is 4.42 Å². The van der Waals surface area contributed by atoms with E-state index in [0.717, 1.165) is 43.6 Å². The fourth-order valence-corrected chi connectivity index (χ4v) is 4.89. The zero-order valence-electron chi connectivity index (χ0n) is 18.6. The third kappa shape index (κ3) is 4.86. The van der Waals surface area contributed by atoms with Crippen molar-refractivity contribution >= 4 is 5.96 Å². The van der Waals surface area contributed by atoms with Gasteiger partial charge in [0.15, 0.2) is 5.96 Å². The van der Waals surface area contributed by atoms with Gasteiger partial charge in [0.25, 0.3) is 0 Å². The van der Waals surface area contributed by atoms with E-state index in [4.69, 9.17) is 9.41 Å². The van der Waals surface area contributed by atoms with E-state index in [0.29, 0.717) is 24.4 Å². The molecule has 2 aliphatic heterocycles. The van der Waals surface area contributed by atoms with Crippen LogP contribution in [0.5, 0.6) is 0 Å². The molecule has 2 unspecified atom stereocenters. The highest BCUT2D eigenvalue weighted by atomic mass is 16.4. The third-order valence-electron chi connectivity index (χ3n) is 6.48. The average molecular weight is 410 g/mol. The molecule has 3 heterocycles. The fourth-order valence-electron chi connectivity index (χ4n) is 4.89. The zero-order valence-corrected chi connectivity index (χ0v) is 18.6. The van der Waals surface area contributed by atoms with Gasteiger partial charge in [0.1, 0.15) is 12.3 Å². The number of aliphatic imine (C=N–C) groups is 1. The van der Waals surface area contributed by atoms with Gasteiger partial charge in [0.2, 0.25) is 5.89 Å². The summed E-state index contributed by atoms with van der Waals surface area (Å²) >= 11 is 0. The van der Waals surface area contributed by atoms with Crippen molar-refractivity contribution in [2.45, 2.75) is 59.2 Å². The van der Waals surface area contributed by atoms with Crippen molar-refractivity contribution in [2.75, 3.05) is 26.2 Å². The number of nitrogens with one attached hydrogen (secondary N) is 1. The number of guanidine groups is 1. The first-order valence-electron chi connectivity index (χ1n) is 11.4. The molecular formula is C24H35N5O. The van der Waals surface area contributed by atoms with E-state index in [1.165, 1.54) is 31.4 Å². The molecule has 30 heavy (non-hydrogen) atoms. The topological polar surface area (TPSA) is 56.9 Å². The lowest BCUT2D eigenvalue weighted by Crippen LogP contribution is -2.56. The van der Waals surface area contributed by atoms with Gasteiger partial charge in [0.05, 0.1) is 5.69 Å². The number of benzene rings is 1. The van der Waals surface area contributed by atoms with Crippen LogP contribution < -0.4 is 5.32 Å². The summed E-state index contributed by atoms with van der Waals surface area (Å²) in [5.74, 6) is 3.27. The molecule has 2 saturated heterocycles. The molecular weight excluding hydrogens is 374 g/mol. The Hall–Kier alpha value is -2.34. The monoisotopic (exact) mass is 409 g/mol. The molecule has 0 radical (unpaired) electrons. The summed E-state index contributed by atoms with van der Waals surface area (Å²) in [5.41, 5.74) is 2.37. The Morgan fingerprint density at radius 1 is 1.20 bits per heavy atom. The Morgan fingerprint density at radius 2 is 2.03 bits per heavy atom. The summed E-state index contributed by atoms with van der Waals surface area (Å²) in [7, 11) is 0. The van der Waals surface area contributed by atoms with Crippen LogP contribution >= 0.6 is 0 Å². The highest BCUT2D eigenvalue weighted by molar-refractivity contribution is 5.80. The second kappa shape index (κ2) is 9.65. The molecule has 2 fully saturated rings. The lowest BCUT2D eigenvalue weighted by Gasteiger charge is -2.48. The van der Waals surface area contributed by atoms with Crippen molar-refractivity contribution in [2.24, 2.45) is 10.9 Å². The van der Waals surface area contributed by atoms with Crippen LogP contribution in [0.3, 0.4) is 0 Å². The van der Waals surface area contributed by atoms with E-state index in [1.807, 2.05) is 13.8 Å². The Kier molecular flexibility index (Phi) is 6.72. The Morgan fingerprint density at radius 3 is 2.77 bits per heavy atom. The number of oxazole rings is 1. The van der Waals surface area contributed by atoms with Crippen molar-refractivity contribution in [1.82, 2.24) is 20.1 Å². The van der Waals surface area contributed by atoms with Gasteiger partial charge in [0, 0.05) is 32.2 Å². The van der Waals surface area contributed by atoms with Crippen LogP contribution in [0.25, 0.3) is 0 Å². The second-order valence-electron chi connectivity index (χ2n) is 8.58. The second-order valence-corrected chi connectivity index (χ2v) is 8.58. The number of likely N-dealkylation sites (tertiary alicyclic amines) is 2. The van der Waals surface area contributed by atoms with Gasteiger partial charge in [-0.1, -0.05) is 30.3 Å². The van der Waals surface area contributed by atoms with E-state index >= 15 is 0 Å². The first kappa shape index (κ1) is 20.9. The summed E-state index contributed by atoms with van der Waals surface area (Å²) < 4.78 is 5.72. The normalized spacial score (nSPS) is 22.8. The van der Waals surface area contributed by atoms with E-state index in [1.54, 1.807) is 0 Å². The Balaban J connectivity index is 1.41. The van der Waals surface area contributed by atoms with Crippen LogP contribution in [0.15, 0.2) is 39.7 Å². The molecule has 1 aromatic carbocycles. The summed E-state index contributed by atoms with van der Waals surface area (Å²) in [6, 6.07) is 11.6. The first-order chi connectivity index (χ1) is 14.6. The van der Waals surface area contributed by atoms with Gasteiger partial charge in [-0.15, -0.1) is 0 Å². The van der Waals surface area contributed by atoms with Crippen LogP contribution in [-0.4, -0.2) is 53.0 Å². The number of aromatic nitrogens is 1.